The zero-order valence-electron chi connectivity index (χ0n) is 13.7. The minimum Gasteiger partial charge on any atom is -0.490 e. The average Bonchev–Trinajstić information content (AvgIpc) is 3.01. The number of hydrogen-bond acceptors (Lipinski definition) is 4. The summed E-state index contributed by atoms with van der Waals surface area (Å²) in [6, 6.07) is 13.1. The van der Waals surface area contributed by atoms with Crippen molar-refractivity contribution in [1.82, 2.24) is 4.98 Å². The number of aromatic amines is 1. The molecule has 2 heterocycles. The number of H-pyrrole nitrogens is 1. The zero-order chi connectivity index (χ0) is 17.2. The van der Waals surface area contributed by atoms with Gasteiger partial charge in [-0.25, -0.2) is 0 Å². The topological polar surface area (TPSA) is 75.5 Å². The number of rotatable bonds is 6. The van der Waals surface area contributed by atoms with Crippen LogP contribution in [0.3, 0.4) is 0 Å². The van der Waals surface area contributed by atoms with Crippen LogP contribution in [0.2, 0.25) is 0 Å². The van der Waals surface area contributed by atoms with Crippen LogP contribution in [0.1, 0.15) is 19.3 Å². The smallest absolute Gasteiger partial charge is 0.256 e. The number of nitrogens with one attached hydrogen (secondary N) is 1. The predicted molar refractivity (Wildman–Crippen MR) is 98.3 cm³/mol. The van der Waals surface area contributed by atoms with E-state index in [0.717, 1.165) is 30.0 Å². The molecule has 0 saturated carbocycles. The molecule has 0 aliphatic heterocycles. The normalized spacial score (nSPS) is 11.6. The highest BCUT2D eigenvalue weighted by atomic mass is 16.5. The summed E-state index contributed by atoms with van der Waals surface area (Å²) in [5.74, 6) is 0.669. The van der Waals surface area contributed by atoms with Crippen LogP contribution in [-0.2, 0) is 0 Å². The zero-order valence-corrected chi connectivity index (χ0v) is 13.7. The van der Waals surface area contributed by atoms with Crippen LogP contribution in [0.4, 0.5) is 0 Å². The first kappa shape index (κ1) is 15.7. The number of pyridine rings is 1. The van der Waals surface area contributed by atoms with E-state index in [1.807, 2.05) is 36.4 Å². The molecule has 0 aliphatic rings. The van der Waals surface area contributed by atoms with E-state index in [9.17, 15) is 4.79 Å². The van der Waals surface area contributed by atoms with E-state index in [-0.39, 0.29) is 12.2 Å². The molecule has 5 heteroatoms. The van der Waals surface area contributed by atoms with Crippen LogP contribution in [-0.4, -0.2) is 23.3 Å². The van der Waals surface area contributed by atoms with Gasteiger partial charge >= 0.3 is 0 Å². The van der Waals surface area contributed by atoms with Crippen molar-refractivity contribution in [3.05, 3.63) is 52.8 Å². The third-order valence-electron chi connectivity index (χ3n) is 4.39. The molecule has 0 unspecified atom stereocenters. The Kier molecular flexibility index (Phi) is 4.15. The van der Waals surface area contributed by atoms with E-state index in [1.165, 1.54) is 0 Å². The van der Waals surface area contributed by atoms with Gasteiger partial charge in [-0.2, -0.15) is 0 Å². The van der Waals surface area contributed by atoms with Crippen molar-refractivity contribution < 1.29 is 14.3 Å². The third kappa shape index (κ3) is 2.76. The SMILES string of the molecule is O=c1[nH]c2c3cccc(OCCCCCO)c3oc2c2ccccc12. The Balaban J connectivity index is 1.81. The van der Waals surface area contributed by atoms with Crippen LogP contribution >= 0.6 is 0 Å². The monoisotopic (exact) mass is 337 g/mol. The fourth-order valence-electron chi connectivity index (χ4n) is 3.15. The molecule has 0 fully saturated rings. The van der Waals surface area contributed by atoms with Gasteiger partial charge in [0.15, 0.2) is 16.9 Å². The second-order valence-corrected chi connectivity index (χ2v) is 6.07. The van der Waals surface area contributed by atoms with Gasteiger partial charge < -0.3 is 19.2 Å². The molecule has 2 N–H and O–H groups in total. The number of para-hydroxylation sites is 1. The summed E-state index contributed by atoms with van der Waals surface area (Å²) < 4.78 is 12.0. The molecule has 2 aromatic carbocycles. The van der Waals surface area contributed by atoms with Crippen LogP contribution < -0.4 is 10.3 Å². The van der Waals surface area contributed by atoms with Gasteiger partial charge in [-0.05, 0) is 37.5 Å². The molecule has 0 radical (unpaired) electrons. The summed E-state index contributed by atoms with van der Waals surface area (Å²) >= 11 is 0. The van der Waals surface area contributed by atoms with Crippen molar-refractivity contribution in [3.63, 3.8) is 0 Å². The van der Waals surface area contributed by atoms with E-state index < -0.39 is 0 Å². The van der Waals surface area contributed by atoms with Crippen molar-refractivity contribution in [2.75, 3.05) is 13.2 Å². The molecular weight excluding hydrogens is 318 g/mol. The number of fused-ring (bicyclic) bond motifs is 5. The lowest BCUT2D eigenvalue weighted by Gasteiger charge is -2.05. The lowest BCUT2D eigenvalue weighted by atomic mass is 10.1. The summed E-state index contributed by atoms with van der Waals surface area (Å²) in [7, 11) is 0. The summed E-state index contributed by atoms with van der Waals surface area (Å²) in [5, 5.41) is 11.1. The van der Waals surface area contributed by atoms with Crippen molar-refractivity contribution >= 4 is 32.8 Å². The van der Waals surface area contributed by atoms with Gasteiger partial charge in [-0.15, -0.1) is 0 Å². The number of aromatic nitrogens is 1. The lowest BCUT2D eigenvalue weighted by Crippen LogP contribution is -2.05. The number of aliphatic hydroxyl groups excluding tert-OH is 1. The van der Waals surface area contributed by atoms with Crippen molar-refractivity contribution in [2.24, 2.45) is 0 Å². The highest BCUT2D eigenvalue weighted by molar-refractivity contribution is 6.13. The standard InChI is InChI=1S/C20H19NO4/c22-11-4-1-5-12-24-16-10-6-9-15-17-19(25-18(15)16)13-7-2-3-8-14(13)20(23)21-17/h2-3,6-10,22H,1,4-5,11-12H2,(H,21,23). The van der Waals surface area contributed by atoms with E-state index >= 15 is 0 Å². The minimum absolute atomic E-state index is 0.124. The Morgan fingerprint density at radius 3 is 2.56 bits per heavy atom. The van der Waals surface area contributed by atoms with Crippen molar-refractivity contribution in [1.29, 1.82) is 0 Å². The average molecular weight is 337 g/mol. The molecule has 0 atom stereocenters. The van der Waals surface area contributed by atoms with Gasteiger partial charge in [0.25, 0.3) is 5.56 Å². The quantitative estimate of drug-likeness (QED) is 0.522. The highest BCUT2D eigenvalue weighted by Gasteiger charge is 2.15. The molecule has 25 heavy (non-hydrogen) atoms. The first-order valence-electron chi connectivity index (χ1n) is 8.49. The van der Waals surface area contributed by atoms with Crippen molar-refractivity contribution in [3.8, 4) is 5.75 Å². The first-order valence-corrected chi connectivity index (χ1v) is 8.49. The summed E-state index contributed by atoms with van der Waals surface area (Å²) in [6.07, 6.45) is 2.58. The molecule has 4 rings (SSSR count). The molecule has 0 saturated heterocycles. The largest absolute Gasteiger partial charge is 0.490 e. The number of benzene rings is 2. The maximum atomic E-state index is 12.3. The van der Waals surface area contributed by atoms with Crippen LogP contribution in [0, 0.1) is 0 Å². The molecule has 0 spiro atoms. The van der Waals surface area contributed by atoms with E-state index in [4.69, 9.17) is 14.3 Å². The number of aliphatic hydroxyl groups is 1. The Labute approximate surface area is 143 Å². The molecule has 2 aromatic heterocycles. The van der Waals surface area contributed by atoms with Gasteiger partial charge in [-0.1, -0.05) is 24.3 Å². The second-order valence-electron chi connectivity index (χ2n) is 6.07. The third-order valence-corrected chi connectivity index (χ3v) is 4.39. The van der Waals surface area contributed by atoms with Gasteiger partial charge in [-0.3, -0.25) is 4.79 Å². The summed E-state index contributed by atoms with van der Waals surface area (Å²) in [5.41, 5.74) is 1.89. The van der Waals surface area contributed by atoms with E-state index in [2.05, 4.69) is 4.98 Å². The number of ether oxygens (including phenoxy) is 1. The van der Waals surface area contributed by atoms with Crippen LogP contribution in [0.25, 0.3) is 32.8 Å². The maximum Gasteiger partial charge on any atom is 0.256 e. The Bertz CT molecular complexity index is 1090. The van der Waals surface area contributed by atoms with Crippen LogP contribution in [0.15, 0.2) is 51.7 Å². The summed E-state index contributed by atoms with van der Waals surface area (Å²) in [6.45, 7) is 0.771. The van der Waals surface area contributed by atoms with Gasteiger partial charge in [0.2, 0.25) is 0 Å². The van der Waals surface area contributed by atoms with Gasteiger partial charge in [0.05, 0.1) is 17.5 Å². The molecule has 0 aliphatic carbocycles. The fourth-order valence-corrected chi connectivity index (χ4v) is 3.15. The Morgan fingerprint density at radius 1 is 0.920 bits per heavy atom. The molecule has 4 aromatic rings. The van der Waals surface area contributed by atoms with Crippen LogP contribution in [0.5, 0.6) is 5.75 Å². The second kappa shape index (κ2) is 6.61. The number of hydrogen-bond donors (Lipinski definition) is 2. The fraction of sp³-hybridized carbons (Fsp3) is 0.250. The van der Waals surface area contributed by atoms with Gasteiger partial charge in [0.1, 0.15) is 0 Å². The molecule has 5 nitrogen and oxygen atoms in total. The Morgan fingerprint density at radius 2 is 1.72 bits per heavy atom. The van der Waals surface area contributed by atoms with Crippen molar-refractivity contribution in [2.45, 2.75) is 19.3 Å². The van der Waals surface area contributed by atoms with Gasteiger partial charge in [0, 0.05) is 17.4 Å². The summed E-state index contributed by atoms with van der Waals surface area (Å²) in [4.78, 5) is 15.3. The van der Waals surface area contributed by atoms with E-state index in [1.54, 1.807) is 6.07 Å². The number of unbranched alkanes of at least 4 members (excludes halogenated alkanes) is 2. The molecule has 128 valence electrons. The highest BCUT2D eigenvalue weighted by Crippen LogP contribution is 2.35. The molecule has 0 amide bonds. The first-order chi connectivity index (χ1) is 12.3. The molecule has 0 bridgehead atoms. The maximum absolute atomic E-state index is 12.3. The minimum atomic E-state index is -0.124. The number of furan rings is 1. The Hall–Kier alpha value is -2.79. The van der Waals surface area contributed by atoms with E-state index in [0.29, 0.717) is 34.4 Å². The molecular formula is C20H19NO4. The predicted octanol–water partition coefficient (Wildman–Crippen LogP) is 3.97. The lowest BCUT2D eigenvalue weighted by molar-refractivity contribution is 0.266.